The van der Waals surface area contributed by atoms with Gasteiger partial charge in [0.05, 0.1) is 25.6 Å². The van der Waals surface area contributed by atoms with Crippen LogP contribution in [0, 0.1) is 0 Å². The number of rotatable bonds is 10. The zero-order chi connectivity index (χ0) is 13.8. The Hall–Kier alpha value is -1.06. The van der Waals surface area contributed by atoms with E-state index in [-0.39, 0.29) is 30.9 Å². The van der Waals surface area contributed by atoms with E-state index in [1.165, 1.54) is 0 Å². The van der Waals surface area contributed by atoms with Gasteiger partial charge in [-0.3, -0.25) is 9.59 Å². The first-order valence-corrected chi connectivity index (χ1v) is 6.95. The average molecular weight is 258 g/mol. The van der Waals surface area contributed by atoms with Crippen LogP contribution in [0.25, 0.3) is 0 Å². The second-order valence-corrected chi connectivity index (χ2v) is 4.52. The average Bonchev–Trinajstić information content (AvgIpc) is 2.34. The molecule has 0 spiro atoms. The van der Waals surface area contributed by atoms with Gasteiger partial charge < -0.3 is 9.47 Å². The number of esters is 2. The van der Waals surface area contributed by atoms with Crippen molar-refractivity contribution in [2.75, 3.05) is 6.61 Å². The molecule has 4 nitrogen and oxygen atoms in total. The number of carbonyl (C=O) groups excluding carboxylic acids is 2. The first-order chi connectivity index (χ1) is 8.60. The molecule has 0 saturated heterocycles. The first kappa shape index (κ1) is 16.9. The molecule has 1 atom stereocenters. The summed E-state index contributed by atoms with van der Waals surface area (Å²) in [4.78, 5) is 22.6. The Morgan fingerprint density at radius 3 is 2.28 bits per heavy atom. The molecule has 0 saturated carbocycles. The highest BCUT2D eigenvalue weighted by molar-refractivity contribution is 5.77. The molecule has 0 N–H and O–H groups in total. The lowest BCUT2D eigenvalue weighted by molar-refractivity contribution is -0.153. The smallest absolute Gasteiger partial charge is 0.306 e. The fraction of sp³-hybridized carbons (Fsp3) is 0.857. The third-order valence-electron chi connectivity index (χ3n) is 2.55. The molecule has 0 radical (unpaired) electrons. The van der Waals surface area contributed by atoms with Crippen LogP contribution in [0.1, 0.15) is 65.7 Å². The van der Waals surface area contributed by atoms with Crippen LogP contribution in [0.5, 0.6) is 0 Å². The lowest BCUT2D eigenvalue weighted by Crippen LogP contribution is -2.16. The Bertz CT molecular complexity index is 238. The fourth-order valence-electron chi connectivity index (χ4n) is 1.52. The van der Waals surface area contributed by atoms with Crippen molar-refractivity contribution >= 4 is 11.9 Å². The van der Waals surface area contributed by atoms with Crippen LogP contribution < -0.4 is 0 Å². The number of hydrogen-bond acceptors (Lipinski definition) is 4. The number of hydrogen-bond donors (Lipinski definition) is 0. The number of carbonyl (C=O) groups is 2. The van der Waals surface area contributed by atoms with E-state index in [0.29, 0.717) is 6.61 Å². The van der Waals surface area contributed by atoms with Gasteiger partial charge in [0, 0.05) is 0 Å². The predicted octanol–water partition coefficient (Wildman–Crippen LogP) is 3.23. The Morgan fingerprint density at radius 1 is 1.00 bits per heavy atom. The SMILES string of the molecule is CCCCCC(C)OC(=O)CCC(=O)OCCC. The minimum atomic E-state index is -0.326. The van der Waals surface area contributed by atoms with Gasteiger partial charge in [0.25, 0.3) is 0 Å². The summed E-state index contributed by atoms with van der Waals surface area (Å²) in [5.41, 5.74) is 0. The highest BCUT2D eigenvalue weighted by atomic mass is 16.5. The summed E-state index contributed by atoms with van der Waals surface area (Å²) in [6.45, 7) is 6.38. The first-order valence-electron chi connectivity index (χ1n) is 6.95. The quantitative estimate of drug-likeness (QED) is 0.446. The van der Waals surface area contributed by atoms with E-state index in [2.05, 4.69) is 6.92 Å². The van der Waals surface area contributed by atoms with Gasteiger partial charge in [0.1, 0.15) is 0 Å². The van der Waals surface area contributed by atoms with E-state index >= 15 is 0 Å². The van der Waals surface area contributed by atoms with Gasteiger partial charge in [0.15, 0.2) is 0 Å². The zero-order valence-electron chi connectivity index (χ0n) is 11.9. The van der Waals surface area contributed by atoms with Gasteiger partial charge in [-0.2, -0.15) is 0 Å². The van der Waals surface area contributed by atoms with Crippen molar-refractivity contribution in [2.45, 2.75) is 71.8 Å². The third-order valence-corrected chi connectivity index (χ3v) is 2.55. The van der Waals surface area contributed by atoms with Crippen LogP contribution in [0.3, 0.4) is 0 Å². The van der Waals surface area contributed by atoms with Crippen LogP contribution in [0.15, 0.2) is 0 Å². The lowest BCUT2D eigenvalue weighted by Gasteiger charge is -2.12. The minimum absolute atomic E-state index is 0.0595. The maximum atomic E-state index is 11.4. The fourth-order valence-corrected chi connectivity index (χ4v) is 1.52. The molecule has 0 fully saturated rings. The van der Waals surface area contributed by atoms with Gasteiger partial charge in [0.2, 0.25) is 0 Å². The Kier molecular flexibility index (Phi) is 10.4. The van der Waals surface area contributed by atoms with Crippen molar-refractivity contribution in [3.05, 3.63) is 0 Å². The second-order valence-electron chi connectivity index (χ2n) is 4.52. The van der Waals surface area contributed by atoms with Gasteiger partial charge >= 0.3 is 11.9 Å². The molecule has 0 amide bonds. The molecule has 0 aliphatic rings. The van der Waals surface area contributed by atoms with Crippen LogP contribution in [0.4, 0.5) is 0 Å². The maximum Gasteiger partial charge on any atom is 0.306 e. The maximum absolute atomic E-state index is 11.4. The summed E-state index contributed by atoms with van der Waals surface area (Å²) in [6, 6.07) is 0. The summed E-state index contributed by atoms with van der Waals surface area (Å²) >= 11 is 0. The molecule has 0 aromatic carbocycles. The molecule has 0 aromatic rings. The molecule has 18 heavy (non-hydrogen) atoms. The highest BCUT2D eigenvalue weighted by Crippen LogP contribution is 2.08. The van der Waals surface area contributed by atoms with E-state index in [4.69, 9.17) is 9.47 Å². The molecule has 1 unspecified atom stereocenters. The topological polar surface area (TPSA) is 52.6 Å². The minimum Gasteiger partial charge on any atom is -0.466 e. The van der Waals surface area contributed by atoms with Crippen LogP contribution in [-0.4, -0.2) is 24.6 Å². The summed E-state index contributed by atoms with van der Waals surface area (Å²) in [5.74, 6) is -0.639. The summed E-state index contributed by atoms with van der Waals surface area (Å²) in [5, 5.41) is 0. The van der Waals surface area contributed by atoms with Crippen molar-refractivity contribution in [1.29, 1.82) is 0 Å². The molecule has 0 bridgehead atoms. The van der Waals surface area contributed by atoms with E-state index in [1.54, 1.807) is 0 Å². The van der Waals surface area contributed by atoms with E-state index in [0.717, 1.165) is 32.1 Å². The van der Waals surface area contributed by atoms with Gasteiger partial charge in [-0.15, -0.1) is 0 Å². The van der Waals surface area contributed by atoms with Crippen molar-refractivity contribution in [3.63, 3.8) is 0 Å². The predicted molar refractivity (Wildman–Crippen MR) is 70.2 cm³/mol. The largest absolute Gasteiger partial charge is 0.466 e. The Morgan fingerprint density at radius 2 is 1.67 bits per heavy atom. The third kappa shape index (κ3) is 10.1. The molecule has 0 aliphatic carbocycles. The molecule has 0 aliphatic heterocycles. The van der Waals surface area contributed by atoms with Gasteiger partial charge in [-0.25, -0.2) is 0 Å². The highest BCUT2D eigenvalue weighted by Gasteiger charge is 2.12. The molecule has 4 heteroatoms. The van der Waals surface area contributed by atoms with Crippen molar-refractivity contribution in [2.24, 2.45) is 0 Å². The summed E-state index contributed by atoms with van der Waals surface area (Å²) in [7, 11) is 0. The molecular formula is C14H26O4. The lowest BCUT2D eigenvalue weighted by atomic mass is 10.1. The molecular weight excluding hydrogens is 232 g/mol. The van der Waals surface area contributed by atoms with Crippen LogP contribution >= 0.6 is 0 Å². The monoisotopic (exact) mass is 258 g/mol. The zero-order valence-corrected chi connectivity index (χ0v) is 11.9. The molecule has 106 valence electrons. The Labute approximate surface area is 110 Å². The van der Waals surface area contributed by atoms with Crippen molar-refractivity contribution < 1.29 is 19.1 Å². The molecule has 0 aromatic heterocycles. The van der Waals surface area contributed by atoms with Crippen LogP contribution in [0.2, 0.25) is 0 Å². The van der Waals surface area contributed by atoms with Gasteiger partial charge in [-0.05, 0) is 26.2 Å². The van der Waals surface area contributed by atoms with E-state index in [1.807, 2.05) is 13.8 Å². The normalized spacial score (nSPS) is 11.9. The molecule has 0 heterocycles. The standard InChI is InChI=1S/C14H26O4/c1-4-6-7-8-12(3)18-14(16)10-9-13(15)17-11-5-2/h12H,4-11H2,1-3H3. The number of unbranched alkanes of at least 4 members (excludes halogenated alkanes) is 2. The van der Waals surface area contributed by atoms with E-state index < -0.39 is 0 Å². The van der Waals surface area contributed by atoms with Gasteiger partial charge in [-0.1, -0.05) is 26.7 Å². The number of ether oxygens (including phenoxy) is 2. The van der Waals surface area contributed by atoms with Crippen molar-refractivity contribution in [1.82, 2.24) is 0 Å². The summed E-state index contributed by atoms with van der Waals surface area (Å²) < 4.78 is 10.1. The second kappa shape index (κ2) is 11.1. The van der Waals surface area contributed by atoms with Crippen LogP contribution in [-0.2, 0) is 19.1 Å². The summed E-state index contributed by atoms with van der Waals surface area (Å²) in [6.07, 6.45) is 5.24. The van der Waals surface area contributed by atoms with E-state index in [9.17, 15) is 9.59 Å². The molecule has 0 rings (SSSR count). The van der Waals surface area contributed by atoms with Crippen molar-refractivity contribution in [3.8, 4) is 0 Å². The Balaban J connectivity index is 3.60.